The summed E-state index contributed by atoms with van der Waals surface area (Å²) in [5.41, 5.74) is 2.70. The van der Waals surface area contributed by atoms with Crippen molar-refractivity contribution in [3.05, 3.63) is 107 Å². The molecule has 0 spiro atoms. The summed E-state index contributed by atoms with van der Waals surface area (Å²) in [4.78, 5) is 14.7. The first-order valence-corrected chi connectivity index (χ1v) is 11.9. The molecule has 176 valence electrons. The van der Waals surface area contributed by atoms with Crippen molar-refractivity contribution in [2.45, 2.75) is 32.0 Å². The smallest absolute Gasteiger partial charge is 0.249 e. The van der Waals surface area contributed by atoms with Crippen LogP contribution in [0, 0.1) is 0 Å². The minimum atomic E-state index is -0.0885. The Morgan fingerprint density at radius 3 is 2.49 bits per heavy atom. The van der Waals surface area contributed by atoms with Gasteiger partial charge in [-0.25, -0.2) is 0 Å². The van der Waals surface area contributed by atoms with Crippen LogP contribution in [0.1, 0.15) is 29.9 Å². The number of aromatic nitrogens is 2. The molecule has 1 aliphatic carbocycles. The van der Waals surface area contributed by atoms with Crippen molar-refractivity contribution >= 4 is 23.6 Å². The lowest BCUT2D eigenvalue weighted by Crippen LogP contribution is -2.31. The molecular weight excluding hydrogens is 462 g/mol. The Morgan fingerprint density at radius 2 is 1.74 bits per heavy atom. The molecule has 1 fully saturated rings. The number of hydrogen-bond acceptors (Lipinski definition) is 5. The average molecular weight is 486 g/mol. The Balaban J connectivity index is 1.20. The summed E-state index contributed by atoms with van der Waals surface area (Å²) < 4.78 is 11.6. The second-order valence-corrected chi connectivity index (χ2v) is 8.76. The molecule has 0 bridgehead atoms. The topological polar surface area (TPSA) is 68.5 Å². The number of halogens is 1. The highest BCUT2D eigenvalue weighted by Gasteiger charge is 2.32. The Morgan fingerprint density at radius 1 is 1.00 bits per heavy atom. The van der Waals surface area contributed by atoms with Crippen molar-refractivity contribution in [2.75, 3.05) is 0 Å². The summed E-state index contributed by atoms with van der Waals surface area (Å²) >= 11 is 6.23. The fourth-order valence-corrected chi connectivity index (χ4v) is 3.88. The number of benzene rings is 3. The van der Waals surface area contributed by atoms with E-state index in [1.165, 1.54) is 0 Å². The summed E-state index contributed by atoms with van der Waals surface area (Å²) in [7, 11) is 0. The quantitative estimate of drug-likeness (QED) is 0.265. The highest BCUT2D eigenvalue weighted by atomic mass is 35.5. The predicted octanol–water partition coefficient (Wildman–Crippen LogP) is 6.17. The van der Waals surface area contributed by atoms with Gasteiger partial charge in [0.25, 0.3) is 0 Å². The molecule has 1 aromatic heterocycles. The van der Waals surface area contributed by atoms with Gasteiger partial charge in [0, 0.05) is 12.1 Å². The van der Waals surface area contributed by atoms with E-state index in [4.69, 9.17) is 20.8 Å². The van der Waals surface area contributed by atoms with Gasteiger partial charge in [0.05, 0.1) is 17.1 Å². The van der Waals surface area contributed by atoms with E-state index in [9.17, 15) is 4.79 Å². The van der Waals surface area contributed by atoms with Gasteiger partial charge in [0.15, 0.2) is 0 Å². The van der Waals surface area contributed by atoms with Crippen LogP contribution in [0.4, 0.5) is 0 Å². The number of hydrogen-bond donors (Lipinski definition) is 0. The molecule has 0 N–H and O–H groups in total. The fraction of sp³-hybridized carbons (Fsp3) is 0.179. The molecule has 0 aliphatic heterocycles. The molecule has 35 heavy (non-hydrogen) atoms. The Labute approximate surface area is 208 Å². The zero-order chi connectivity index (χ0) is 24.0. The van der Waals surface area contributed by atoms with E-state index in [1.54, 1.807) is 17.0 Å². The molecule has 5 rings (SSSR count). The minimum Gasteiger partial charge on any atom is -0.489 e. The van der Waals surface area contributed by atoms with E-state index in [0.29, 0.717) is 29.0 Å². The van der Waals surface area contributed by atoms with E-state index in [0.717, 1.165) is 29.7 Å². The van der Waals surface area contributed by atoms with Crippen LogP contribution >= 0.6 is 11.6 Å². The lowest BCUT2D eigenvalue weighted by atomic mass is 10.2. The van der Waals surface area contributed by atoms with E-state index >= 15 is 0 Å². The number of carbonyl (C=O) groups excluding carboxylic acids is 1. The number of ether oxygens (including phenoxy) is 1. The van der Waals surface area contributed by atoms with Crippen LogP contribution in [0.25, 0.3) is 17.5 Å². The lowest BCUT2D eigenvalue weighted by Gasteiger charge is -2.18. The fourth-order valence-electron chi connectivity index (χ4n) is 3.66. The first kappa shape index (κ1) is 22.9. The van der Waals surface area contributed by atoms with Gasteiger partial charge in [0.2, 0.25) is 17.7 Å². The van der Waals surface area contributed by atoms with Crippen molar-refractivity contribution in [1.29, 1.82) is 0 Å². The van der Waals surface area contributed by atoms with Crippen LogP contribution in [-0.4, -0.2) is 27.0 Å². The first-order valence-electron chi connectivity index (χ1n) is 11.5. The molecular formula is C28H24ClN3O3. The van der Waals surface area contributed by atoms with E-state index < -0.39 is 0 Å². The zero-order valence-corrected chi connectivity index (χ0v) is 19.8. The third kappa shape index (κ3) is 5.97. The Hall–Kier alpha value is -3.90. The van der Waals surface area contributed by atoms with Crippen LogP contribution in [-0.2, 0) is 17.9 Å². The lowest BCUT2D eigenvalue weighted by molar-refractivity contribution is -0.127. The largest absolute Gasteiger partial charge is 0.489 e. The maximum absolute atomic E-state index is 13.0. The first-order chi connectivity index (χ1) is 17.2. The summed E-state index contributed by atoms with van der Waals surface area (Å²) in [5, 5.41) is 8.77. The molecule has 0 radical (unpaired) electrons. The van der Waals surface area contributed by atoms with Gasteiger partial charge in [-0.3, -0.25) is 4.79 Å². The summed E-state index contributed by atoms with van der Waals surface area (Å²) in [5.74, 6) is 1.42. The predicted molar refractivity (Wildman–Crippen MR) is 135 cm³/mol. The van der Waals surface area contributed by atoms with Crippen molar-refractivity contribution in [1.82, 2.24) is 15.1 Å². The van der Waals surface area contributed by atoms with Gasteiger partial charge in [-0.15, -0.1) is 10.2 Å². The highest BCUT2D eigenvalue weighted by Crippen LogP contribution is 2.30. The van der Waals surface area contributed by atoms with Crippen LogP contribution in [0.3, 0.4) is 0 Å². The number of nitrogens with zero attached hydrogens (tertiary/aromatic N) is 3. The molecule has 0 unspecified atom stereocenters. The molecule has 1 heterocycles. The molecule has 4 aromatic rings. The maximum Gasteiger partial charge on any atom is 0.249 e. The van der Waals surface area contributed by atoms with Crippen molar-refractivity contribution < 1.29 is 13.9 Å². The number of rotatable bonds is 9. The molecule has 1 aliphatic rings. The average Bonchev–Trinajstić information content (AvgIpc) is 3.63. The summed E-state index contributed by atoms with van der Waals surface area (Å²) in [6, 6.07) is 25.2. The molecule has 6 nitrogen and oxygen atoms in total. The molecule has 7 heteroatoms. The SMILES string of the molecule is O=C(/C=C/c1ccc(OCc2ccccc2)cc1)N(Cc1nnc(-c2ccccc2Cl)o1)C1CC1. The minimum absolute atomic E-state index is 0.0885. The normalized spacial score (nSPS) is 13.2. The van der Waals surface area contributed by atoms with Crippen molar-refractivity contribution in [2.24, 2.45) is 0 Å². The second kappa shape index (κ2) is 10.6. The number of amides is 1. The summed E-state index contributed by atoms with van der Waals surface area (Å²) in [6.07, 6.45) is 5.34. The van der Waals surface area contributed by atoms with Crippen LogP contribution < -0.4 is 4.74 Å². The van der Waals surface area contributed by atoms with Gasteiger partial charge in [-0.2, -0.15) is 0 Å². The van der Waals surface area contributed by atoms with Gasteiger partial charge in [-0.05, 0) is 54.3 Å². The Kier molecular flexibility index (Phi) is 6.91. The zero-order valence-electron chi connectivity index (χ0n) is 19.0. The maximum atomic E-state index is 13.0. The second-order valence-electron chi connectivity index (χ2n) is 8.35. The van der Waals surface area contributed by atoms with Crippen LogP contribution in [0.5, 0.6) is 5.75 Å². The van der Waals surface area contributed by atoms with E-state index in [2.05, 4.69) is 10.2 Å². The highest BCUT2D eigenvalue weighted by molar-refractivity contribution is 6.33. The molecule has 1 amide bonds. The molecule has 3 aromatic carbocycles. The third-order valence-electron chi connectivity index (χ3n) is 5.69. The van der Waals surface area contributed by atoms with Crippen molar-refractivity contribution in [3.8, 4) is 17.2 Å². The van der Waals surface area contributed by atoms with Crippen LogP contribution in [0.15, 0.2) is 89.4 Å². The van der Waals surface area contributed by atoms with Gasteiger partial charge < -0.3 is 14.1 Å². The molecule has 0 atom stereocenters. The van der Waals surface area contributed by atoms with E-state index in [-0.39, 0.29) is 18.5 Å². The monoisotopic (exact) mass is 485 g/mol. The van der Waals surface area contributed by atoms with Gasteiger partial charge in [-0.1, -0.05) is 66.2 Å². The van der Waals surface area contributed by atoms with Gasteiger partial charge >= 0.3 is 0 Å². The Bertz CT molecular complexity index is 1310. The standard InChI is InChI=1S/C28H24ClN3O3/c29-25-9-5-4-8-24(25)28-31-30-26(35-28)18-32(22-13-14-22)27(33)17-12-20-10-15-23(16-11-20)34-19-21-6-2-1-3-7-21/h1-12,15-17,22H,13-14,18-19H2/b17-12+. The molecule has 0 saturated heterocycles. The number of carbonyl (C=O) groups is 1. The third-order valence-corrected chi connectivity index (χ3v) is 6.02. The van der Waals surface area contributed by atoms with Gasteiger partial charge in [0.1, 0.15) is 12.4 Å². The van der Waals surface area contributed by atoms with Crippen molar-refractivity contribution in [3.63, 3.8) is 0 Å². The summed E-state index contributed by atoms with van der Waals surface area (Å²) in [6.45, 7) is 0.774. The van der Waals surface area contributed by atoms with E-state index in [1.807, 2.05) is 78.9 Å². The molecule has 1 saturated carbocycles. The van der Waals surface area contributed by atoms with Crippen LogP contribution in [0.2, 0.25) is 5.02 Å².